The van der Waals surface area contributed by atoms with E-state index in [0.29, 0.717) is 6.04 Å². The van der Waals surface area contributed by atoms with Crippen molar-refractivity contribution in [1.29, 1.82) is 0 Å². The minimum atomic E-state index is -0.549. The molecule has 1 N–H and O–H groups in total. The van der Waals surface area contributed by atoms with E-state index >= 15 is 0 Å². The van der Waals surface area contributed by atoms with Crippen LogP contribution in [0, 0.1) is 0 Å². The maximum absolute atomic E-state index is 11.2. The molecule has 1 heterocycles. The standard InChI is InChI=1S/C11H24N2OS/c1-3-5-12-10-11(4-2)13-6-8-15(14)9-7-13/h11-12H,3-10H2,1-2H3. The Morgan fingerprint density at radius 2 is 2.00 bits per heavy atom. The van der Waals surface area contributed by atoms with Gasteiger partial charge in [-0.25, -0.2) is 0 Å². The smallest absolute Gasteiger partial charge is 0.0363 e. The zero-order chi connectivity index (χ0) is 11.1. The summed E-state index contributed by atoms with van der Waals surface area (Å²) in [5, 5.41) is 3.48. The van der Waals surface area contributed by atoms with Crippen molar-refractivity contribution in [3.8, 4) is 0 Å². The quantitative estimate of drug-likeness (QED) is 0.689. The van der Waals surface area contributed by atoms with E-state index in [1.165, 1.54) is 12.8 Å². The summed E-state index contributed by atoms with van der Waals surface area (Å²) in [6, 6.07) is 0.633. The van der Waals surface area contributed by atoms with Gasteiger partial charge < -0.3 is 5.32 Å². The van der Waals surface area contributed by atoms with E-state index in [4.69, 9.17) is 0 Å². The Morgan fingerprint density at radius 1 is 1.33 bits per heavy atom. The zero-order valence-electron chi connectivity index (χ0n) is 10.00. The summed E-state index contributed by atoms with van der Waals surface area (Å²) < 4.78 is 11.2. The SMILES string of the molecule is CCCNCC(CC)N1CCS(=O)CC1. The molecule has 0 amide bonds. The number of hydrogen-bond donors (Lipinski definition) is 1. The van der Waals surface area contributed by atoms with Gasteiger partial charge in [0.05, 0.1) is 0 Å². The molecule has 1 unspecified atom stereocenters. The van der Waals surface area contributed by atoms with Gasteiger partial charge in [0.2, 0.25) is 0 Å². The van der Waals surface area contributed by atoms with Crippen molar-refractivity contribution in [1.82, 2.24) is 10.2 Å². The van der Waals surface area contributed by atoms with Crippen molar-refractivity contribution in [2.24, 2.45) is 0 Å². The second kappa shape index (κ2) is 7.36. The summed E-state index contributed by atoms with van der Waals surface area (Å²) in [6.07, 6.45) is 2.38. The third-order valence-electron chi connectivity index (χ3n) is 3.01. The minimum absolute atomic E-state index is 0.549. The molecule has 1 fully saturated rings. The van der Waals surface area contributed by atoms with Crippen LogP contribution < -0.4 is 5.32 Å². The van der Waals surface area contributed by atoms with E-state index < -0.39 is 10.8 Å². The van der Waals surface area contributed by atoms with Gasteiger partial charge in [0, 0.05) is 48.0 Å². The van der Waals surface area contributed by atoms with E-state index in [0.717, 1.165) is 37.7 Å². The summed E-state index contributed by atoms with van der Waals surface area (Å²) in [5.74, 6) is 1.73. The van der Waals surface area contributed by atoms with Crippen molar-refractivity contribution in [2.75, 3.05) is 37.7 Å². The summed E-state index contributed by atoms with van der Waals surface area (Å²) >= 11 is 0. The highest BCUT2D eigenvalue weighted by Crippen LogP contribution is 2.08. The fourth-order valence-electron chi connectivity index (χ4n) is 1.99. The molecule has 0 aromatic carbocycles. The molecule has 1 aliphatic heterocycles. The van der Waals surface area contributed by atoms with Gasteiger partial charge in [0.1, 0.15) is 0 Å². The van der Waals surface area contributed by atoms with E-state index in [1.807, 2.05) is 0 Å². The van der Waals surface area contributed by atoms with Gasteiger partial charge in [0.25, 0.3) is 0 Å². The van der Waals surface area contributed by atoms with E-state index in [2.05, 4.69) is 24.1 Å². The first-order valence-electron chi connectivity index (χ1n) is 6.07. The molecule has 15 heavy (non-hydrogen) atoms. The van der Waals surface area contributed by atoms with Gasteiger partial charge in [-0.15, -0.1) is 0 Å². The molecule has 0 aliphatic carbocycles. The van der Waals surface area contributed by atoms with Gasteiger partial charge in [-0.2, -0.15) is 0 Å². The largest absolute Gasteiger partial charge is 0.315 e. The summed E-state index contributed by atoms with van der Waals surface area (Å²) in [5.41, 5.74) is 0. The lowest BCUT2D eigenvalue weighted by Crippen LogP contribution is -2.48. The lowest BCUT2D eigenvalue weighted by molar-refractivity contribution is 0.203. The normalized spacial score (nSPS) is 21.7. The fourth-order valence-corrected chi connectivity index (χ4v) is 3.07. The molecule has 1 saturated heterocycles. The Kier molecular flexibility index (Phi) is 6.45. The van der Waals surface area contributed by atoms with E-state index in [-0.39, 0.29) is 0 Å². The van der Waals surface area contributed by atoms with Crippen molar-refractivity contribution in [2.45, 2.75) is 32.7 Å². The van der Waals surface area contributed by atoms with E-state index in [1.54, 1.807) is 0 Å². The van der Waals surface area contributed by atoms with E-state index in [9.17, 15) is 4.21 Å². The van der Waals surface area contributed by atoms with Crippen LogP contribution in [0.4, 0.5) is 0 Å². The minimum Gasteiger partial charge on any atom is -0.315 e. The van der Waals surface area contributed by atoms with Crippen molar-refractivity contribution >= 4 is 10.8 Å². The highest BCUT2D eigenvalue weighted by atomic mass is 32.2. The Balaban J connectivity index is 2.27. The molecule has 0 aromatic rings. The van der Waals surface area contributed by atoms with Gasteiger partial charge >= 0.3 is 0 Å². The first-order valence-corrected chi connectivity index (χ1v) is 7.56. The molecule has 0 radical (unpaired) electrons. The summed E-state index contributed by atoms with van der Waals surface area (Å²) in [4.78, 5) is 2.49. The first-order chi connectivity index (χ1) is 7.27. The summed E-state index contributed by atoms with van der Waals surface area (Å²) in [6.45, 7) is 8.65. The first kappa shape index (κ1) is 13.1. The van der Waals surface area contributed by atoms with Gasteiger partial charge in [-0.1, -0.05) is 13.8 Å². The number of nitrogens with zero attached hydrogens (tertiary/aromatic N) is 1. The molecular formula is C11H24N2OS. The second-order valence-electron chi connectivity index (χ2n) is 4.15. The molecule has 1 atom stereocenters. The van der Waals surface area contributed by atoms with Crippen LogP contribution in [0.25, 0.3) is 0 Å². The number of nitrogens with one attached hydrogen (secondary N) is 1. The second-order valence-corrected chi connectivity index (χ2v) is 5.85. The Hall–Kier alpha value is 0.0700. The van der Waals surface area contributed by atoms with Crippen molar-refractivity contribution in [3.05, 3.63) is 0 Å². The highest BCUT2D eigenvalue weighted by Gasteiger charge is 2.21. The Bertz CT molecular complexity index is 189. The van der Waals surface area contributed by atoms with Crippen LogP contribution in [0.2, 0.25) is 0 Å². The average molecular weight is 232 g/mol. The molecular weight excluding hydrogens is 208 g/mol. The van der Waals surface area contributed by atoms with Gasteiger partial charge in [-0.3, -0.25) is 9.11 Å². The predicted octanol–water partition coefficient (Wildman–Crippen LogP) is 0.829. The van der Waals surface area contributed by atoms with Gasteiger partial charge in [0.15, 0.2) is 0 Å². The van der Waals surface area contributed by atoms with Crippen LogP contribution in [0.15, 0.2) is 0 Å². The predicted molar refractivity (Wildman–Crippen MR) is 66.7 cm³/mol. The third kappa shape index (κ3) is 4.62. The third-order valence-corrected chi connectivity index (χ3v) is 4.28. The van der Waals surface area contributed by atoms with Crippen molar-refractivity contribution < 1.29 is 4.21 Å². The van der Waals surface area contributed by atoms with Crippen molar-refractivity contribution in [3.63, 3.8) is 0 Å². The van der Waals surface area contributed by atoms with Gasteiger partial charge in [-0.05, 0) is 19.4 Å². The molecule has 0 spiro atoms. The van der Waals surface area contributed by atoms with Crippen LogP contribution in [-0.4, -0.2) is 52.8 Å². The number of hydrogen-bond acceptors (Lipinski definition) is 3. The fraction of sp³-hybridized carbons (Fsp3) is 1.00. The molecule has 0 bridgehead atoms. The molecule has 4 heteroatoms. The molecule has 90 valence electrons. The highest BCUT2D eigenvalue weighted by molar-refractivity contribution is 7.85. The monoisotopic (exact) mass is 232 g/mol. The van der Waals surface area contributed by atoms with Crippen LogP contribution in [0.1, 0.15) is 26.7 Å². The maximum atomic E-state index is 11.2. The molecule has 1 rings (SSSR count). The molecule has 3 nitrogen and oxygen atoms in total. The average Bonchev–Trinajstić information content (AvgIpc) is 2.26. The van der Waals surface area contributed by atoms with Crippen LogP contribution in [-0.2, 0) is 10.8 Å². The molecule has 0 saturated carbocycles. The Morgan fingerprint density at radius 3 is 2.53 bits per heavy atom. The zero-order valence-corrected chi connectivity index (χ0v) is 10.8. The van der Waals surface area contributed by atoms with Crippen LogP contribution >= 0.6 is 0 Å². The van der Waals surface area contributed by atoms with Crippen LogP contribution in [0.5, 0.6) is 0 Å². The number of rotatable bonds is 6. The maximum Gasteiger partial charge on any atom is 0.0363 e. The summed E-state index contributed by atoms with van der Waals surface area (Å²) in [7, 11) is -0.549. The lowest BCUT2D eigenvalue weighted by Gasteiger charge is -2.33. The Labute approximate surface area is 96.1 Å². The topological polar surface area (TPSA) is 32.3 Å². The molecule has 1 aliphatic rings. The lowest BCUT2D eigenvalue weighted by atomic mass is 10.2. The molecule has 0 aromatic heterocycles. The van der Waals surface area contributed by atoms with Crippen LogP contribution in [0.3, 0.4) is 0 Å².